The number of fused-ring (bicyclic) bond motifs is 1. The lowest BCUT2D eigenvalue weighted by Crippen LogP contribution is -2.44. The van der Waals surface area contributed by atoms with Crippen molar-refractivity contribution in [2.75, 3.05) is 37.5 Å². The van der Waals surface area contributed by atoms with Gasteiger partial charge in [-0.25, -0.2) is 9.97 Å². The summed E-state index contributed by atoms with van der Waals surface area (Å²) in [5.41, 5.74) is 2.50. The highest BCUT2D eigenvalue weighted by atomic mass is 16.5. The number of piperidine rings is 1. The van der Waals surface area contributed by atoms with Crippen LogP contribution in [0.5, 0.6) is 11.5 Å². The van der Waals surface area contributed by atoms with E-state index in [1.165, 1.54) is 0 Å². The van der Waals surface area contributed by atoms with Gasteiger partial charge in [0.15, 0.2) is 11.5 Å². The van der Waals surface area contributed by atoms with Gasteiger partial charge < -0.3 is 19.7 Å². The molecule has 4 aromatic rings. The van der Waals surface area contributed by atoms with E-state index in [-0.39, 0.29) is 17.4 Å². The maximum absolute atomic E-state index is 13.7. The molecule has 37 heavy (non-hydrogen) atoms. The van der Waals surface area contributed by atoms with Gasteiger partial charge >= 0.3 is 0 Å². The maximum Gasteiger partial charge on any atom is 0.295 e. The summed E-state index contributed by atoms with van der Waals surface area (Å²) in [4.78, 5) is 38.0. The van der Waals surface area contributed by atoms with Crippen LogP contribution in [-0.2, 0) is 11.3 Å². The highest BCUT2D eigenvalue weighted by Crippen LogP contribution is 2.30. The smallest absolute Gasteiger partial charge is 0.295 e. The van der Waals surface area contributed by atoms with Crippen molar-refractivity contribution >= 4 is 28.6 Å². The normalized spacial score (nSPS) is 15.4. The molecule has 2 aromatic heterocycles. The zero-order chi connectivity index (χ0) is 25.8. The van der Waals surface area contributed by atoms with Gasteiger partial charge in [-0.2, -0.15) is 0 Å². The molecule has 1 amide bonds. The zero-order valence-corrected chi connectivity index (χ0v) is 20.9. The SMILES string of the molecule is COc1ccc(OC)c(NC(=O)[C@@H]2CCCN(c3nc4cccnc4n(Cc4ccccc4)c3=O)C2)c1. The molecule has 1 saturated heterocycles. The molecule has 1 aliphatic rings. The molecule has 1 atom stereocenters. The van der Waals surface area contributed by atoms with Gasteiger partial charge in [0, 0.05) is 25.4 Å². The second-order valence-electron chi connectivity index (χ2n) is 9.00. The molecule has 5 rings (SSSR count). The van der Waals surface area contributed by atoms with Gasteiger partial charge in [0.1, 0.15) is 17.0 Å². The molecule has 0 aliphatic carbocycles. The Morgan fingerprint density at radius 3 is 2.70 bits per heavy atom. The molecule has 3 heterocycles. The Bertz CT molecular complexity index is 1470. The fraction of sp³-hybridized carbons (Fsp3) is 0.286. The Kier molecular flexibility index (Phi) is 7.02. The van der Waals surface area contributed by atoms with Crippen molar-refractivity contribution in [2.45, 2.75) is 19.4 Å². The molecule has 2 aromatic carbocycles. The second kappa shape index (κ2) is 10.7. The molecule has 1 fully saturated rings. The third-order valence-corrected chi connectivity index (χ3v) is 6.62. The first-order chi connectivity index (χ1) is 18.1. The van der Waals surface area contributed by atoms with Crippen LogP contribution in [0, 0.1) is 5.92 Å². The van der Waals surface area contributed by atoms with E-state index in [1.54, 1.807) is 43.2 Å². The zero-order valence-electron chi connectivity index (χ0n) is 20.9. The average molecular weight is 500 g/mol. The summed E-state index contributed by atoms with van der Waals surface area (Å²) < 4.78 is 12.4. The molecule has 0 bridgehead atoms. The van der Waals surface area contributed by atoms with Crippen LogP contribution in [0.1, 0.15) is 18.4 Å². The van der Waals surface area contributed by atoms with Crippen molar-refractivity contribution in [3.8, 4) is 11.5 Å². The summed E-state index contributed by atoms with van der Waals surface area (Å²) in [5, 5.41) is 2.98. The molecule has 9 heteroatoms. The van der Waals surface area contributed by atoms with Crippen molar-refractivity contribution in [1.29, 1.82) is 0 Å². The lowest BCUT2D eigenvalue weighted by Gasteiger charge is -2.32. The summed E-state index contributed by atoms with van der Waals surface area (Å²) in [7, 11) is 3.13. The lowest BCUT2D eigenvalue weighted by molar-refractivity contribution is -0.120. The minimum absolute atomic E-state index is 0.136. The molecule has 1 aliphatic heterocycles. The van der Waals surface area contributed by atoms with Crippen LogP contribution in [0.4, 0.5) is 11.5 Å². The first kappa shape index (κ1) is 24.3. The van der Waals surface area contributed by atoms with Crippen molar-refractivity contribution in [1.82, 2.24) is 14.5 Å². The molecule has 0 unspecified atom stereocenters. The van der Waals surface area contributed by atoms with E-state index in [9.17, 15) is 9.59 Å². The van der Waals surface area contributed by atoms with Gasteiger partial charge in [-0.3, -0.25) is 14.2 Å². The van der Waals surface area contributed by atoms with Crippen LogP contribution in [-0.4, -0.2) is 47.8 Å². The van der Waals surface area contributed by atoms with Crippen molar-refractivity contribution < 1.29 is 14.3 Å². The Morgan fingerprint density at radius 2 is 1.92 bits per heavy atom. The highest BCUT2D eigenvalue weighted by molar-refractivity contribution is 5.94. The average Bonchev–Trinajstić information content (AvgIpc) is 2.95. The minimum atomic E-state index is -0.321. The van der Waals surface area contributed by atoms with Gasteiger partial charge in [-0.15, -0.1) is 0 Å². The predicted octanol–water partition coefficient (Wildman–Crippen LogP) is 3.71. The van der Waals surface area contributed by atoms with E-state index in [2.05, 4.69) is 10.3 Å². The molecule has 0 radical (unpaired) electrons. The molecule has 190 valence electrons. The summed E-state index contributed by atoms with van der Waals surface area (Å²) in [6.07, 6.45) is 3.14. The number of benzene rings is 2. The largest absolute Gasteiger partial charge is 0.497 e. The number of aromatic nitrogens is 3. The standard InChI is InChI=1S/C28H29N5O4/c1-36-21-12-13-24(37-2)23(16-21)31-27(34)20-10-7-15-32(18-20)26-28(35)33(17-19-8-4-3-5-9-19)25-22(30-26)11-6-14-29-25/h3-6,8-9,11-14,16,20H,7,10,15,17-18H2,1-2H3,(H,31,34)/t20-/m1/s1. The van der Waals surface area contributed by atoms with Gasteiger partial charge in [0.2, 0.25) is 5.91 Å². The quantitative estimate of drug-likeness (QED) is 0.414. The summed E-state index contributed by atoms with van der Waals surface area (Å²) in [6, 6.07) is 18.7. The van der Waals surface area contributed by atoms with Crippen LogP contribution < -0.4 is 25.2 Å². The van der Waals surface area contributed by atoms with Crippen LogP contribution in [0.15, 0.2) is 71.7 Å². The number of anilines is 2. The number of hydrogen-bond donors (Lipinski definition) is 1. The predicted molar refractivity (Wildman–Crippen MR) is 142 cm³/mol. The summed E-state index contributed by atoms with van der Waals surface area (Å²) >= 11 is 0. The number of rotatable bonds is 7. The minimum Gasteiger partial charge on any atom is -0.497 e. The lowest BCUT2D eigenvalue weighted by atomic mass is 9.97. The Labute approximate surface area is 214 Å². The molecule has 1 N–H and O–H groups in total. The monoisotopic (exact) mass is 499 g/mol. The van der Waals surface area contributed by atoms with Crippen molar-refractivity contribution in [3.63, 3.8) is 0 Å². The van der Waals surface area contributed by atoms with Gasteiger partial charge in [0.25, 0.3) is 5.56 Å². The molecular formula is C28H29N5O4. The molecular weight excluding hydrogens is 470 g/mol. The van der Waals surface area contributed by atoms with Crippen LogP contribution >= 0.6 is 0 Å². The Balaban J connectivity index is 1.43. The first-order valence-corrected chi connectivity index (χ1v) is 12.2. The van der Waals surface area contributed by atoms with Crippen LogP contribution in [0.25, 0.3) is 11.2 Å². The number of pyridine rings is 1. The number of nitrogens with zero attached hydrogens (tertiary/aromatic N) is 4. The number of amides is 1. The number of carbonyl (C=O) groups excluding carboxylic acids is 1. The topological polar surface area (TPSA) is 98.6 Å². The van der Waals surface area contributed by atoms with E-state index >= 15 is 0 Å². The number of nitrogens with one attached hydrogen (secondary N) is 1. The molecule has 0 spiro atoms. The van der Waals surface area contributed by atoms with E-state index in [0.717, 1.165) is 12.0 Å². The third-order valence-electron chi connectivity index (χ3n) is 6.62. The van der Waals surface area contributed by atoms with Gasteiger partial charge in [-0.1, -0.05) is 30.3 Å². The third kappa shape index (κ3) is 5.11. The van der Waals surface area contributed by atoms with Crippen LogP contribution in [0.3, 0.4) is 0 Å². The number of ether oxygens (including phenoxy) is 2. The molecule has 9 nitrogen and oxygen atoms in total. The van der Waals surface area contributed by atoms with E-state index in [0.29, 0.717) is 60.2 Å². The van der Waals surface area contributed by atoms with Gasteiger partial charge in [-0.05, 0) is 42.7 Å². The highest BCUT2D eigenvalue weighted by Gasteiger charge is 2.29. The molecule has 0 saturated carbocycles. The van der Waals surface area contributed by atoms with E-state index < -0.39 is 0 Å². The fourth-order valence-corrected chi connectivity index (χ4v) is 4.71. The van der Waals surface area contributed by atoms with Crippen LogP contribution in [0.2, 0.25) is 0 Å². The fourth-order valence-electron chi connectivity index (χ4n) is 4.71. The Hall–Kier alpha value is -4.40. The summed E-state index contributed by atoms with van der Waals surface area (Å²) in [5.74, 6) is 1.05. The summed E-state index contributed by atoms with van der Waals surface area (Å²) in [6.45, 7) is 1.42. The number of carbonyl (C=O) groups is 1. The number of hydrogen-bond acceptors (Lipinski definition) is 7. The number of methoxy groups -OCH3 is 2. The van der Waals surface area contributed by atoms with E-state index in [4.69, 9.17) is 14.5 Å². The van der Waals surface area contributed by atoms with Crippen molar-refractivity contribution in [2.24, 2.45) is 5.92 Å². The van der Waals surface area contributed by atoms with Gasteiger partial charge in [0.05, 0.1) is 32.4 Å². The second-order valence-corrected chi connectivity index (χ2v) is 9.00. The maximum atomic E-state index is 13.7. The van der Waals surface area contributed by atoms with E-state index in [1.807, 2.05) is 47.4 Å². The Morgan fingerprint density at radius 1 is 1.08 bits per heavy atom. The first-order valence-electron chi connectivity index (χ1n) is 12.2. The van der Waals surface area contributed by atoms with Crippen molar-refractivity contribution in [3.05, 3.63) is 82.8 Å².